The van der Waals surface area contributed by atoms with Gasteiger partial charge in [0.15, 0.2) is 5.41 Å². The molecule has 4 rings (SSSR count). The van der Waals surface area contributed by atoms with Gasteiger partial charge in [0.25, 0.3) is 0 Å². The molecule has 3 saturated heterocycles. The highest BCUT2D eigenvalue weighted by atomic mass is 16.5. The SMILES string of the molecule is COC(=O)[C@]12CN([C@@H](C)c3ccccc3)C[C@H]1[C@@]1(C)OC[C@H](C(C)C)N1C2=O. The summed E-state index contributed by atoms with van der Waals surface area (Å²) in [6.07, 6.45) is 0. The zero-order valence-corrected chi connectivity index (χ0v) is 17.3. The second-order valence-electron chi connectivity index (χ2n) is 8.88. The minimum atomic E-state index is -1.19. The molecule has 6 nitrogen and oxygen atoms in total. The molecule has 0 bridgehead atoms. The van der Waals surface area contributed by atoms with Gasteiger partial charge >= 0.3 is 5.97 Å². The maximum absolute atomic E-state index is 13.7. The number of fused-ring (bicyclic) bond motifs is 3. The van der Waals surface area contributed by atoms with Gasteiger partial charge in [-0.05, 0) is 25.3 Å². The number of hydrogen-bond donors (Lipinski definition) is 0. The third kappa shape index (κ3) is 2.40. The Morgan fingerprint density at radius 2 is 1.93 bits per heavy atom. The Morgan fingerprint density at radius 3 is 2.54 bits per heavy atom. The Morgan fingerprint density at radius 1 is 1.25 bits per heavy atom. The molecule has 1 aromatic rings. The molecule has 0 unspecified atom stereocenters. The van der Waals surface area contributed by atoms with Crippen molar-refractivity contribution in [3.05, 3.63) is 35.9 Å². The molecule has 6 heteroatoms. The summed E-state index contributed by atoms with van der Waals surface area (Å²) >= 11 is 0. The van der Waals surface area contributed by atoms with Crippen molar-refractivity contribution in [3.63, 3.8) is 0 Å². The molecule has 28 heavy (non-hydrogen) atoms. The molecule has 152 valence electrons. The number of carbonyl (C=O) groups is 2. The summed E-state index contributed by atoms with van der Waals surface area (Å²) in [6, 6.07) is 10.3. The Balaban J connectivity index is 1.73. The molecule has 3 heterocycles. The molecule has 0 N–H and O–H groups in total. The first-order valence-corrected chi connectivity index (χ1v) is 10.1. The van der Waals surface area contributed by atoms with E-state index < -0.39 is 17.1 Å². The lowest BCUT2D eigenvalue weighted by atomic mass is 9.76. The molecule has 3 fully saturated rings. The van der Waals surface area contributed by atoms with Crippen LogP contribution in [-0.2, 0) is 19.1 Å². The van der Waals surface area contributed by atoms with E-state index in [1.165, 1.54) is 12.7 Å². The molecule has 1 amide bonds. The van der Waals surface area contributed by atoms with E-state index in [-0.39, 0.29) is 29.8 Å². The molecule has 1 aromatic carbocycles. The summed E-state index contributed by atoms with van der Waals surface area (Å²) in [5.41, 5.74) is -0.796. The molecule has 3 aliphatic rings. The first kappa shape index (κ1) is 19.4. The van der Waals surface area contributed by atoms with Crippen LogP contribution in [0, 0.1) is 17.3 Å². The van der Waals surface area contributed by atoms with Gasteiger partial charge in [-0.15, -0.1) is 0 Å². The Hall–Kier alpha value is -1.92. The first-order valence-electron chi connectivity index (χ1n) is 10.1. The van der Waals surface area contributed by atoms with Crippen molar-refractivity contribution < 1.29 is 19.1 Å². The molecular formula is C22H30N2O4. The van der Waals surface area contributed by atoms with Gasteiger partial charge in [-0.1, -0.05) is 44.2 Å². The molecule has 0 aliphatic carbocycles. The lowest BCUT2D eigenvalue weighted by Crippen LogP contribution is -2.50. The largest absolute Gasteiger partial charge is 0.468 e. The zero-order chi connectivity index (χ0) is 20.3. The predicted octanol–water partition coefficient (Wildman–Crippen LogP) is 2.45. The van der Waals surface area contributed by atoms with E-state index in [0.717, 1.165) is 0 Å². The zero-order valence-electron chi connectivity index (χ0n) is 17.3. The van der Waals surface area contributed by atoms with Crippen LogP contribution in [0.2, 0.25) is 0 Å². The number of methoxy groups -OCH3 is 1. The molecule has 0 aromatic heterocycles. The highest BCUT2D eigenvalue weighted by Gasteiger charge is 2.76. The van der Waals surface area contributed by atoms with Gasteiger partial charge in [-0.2, -0.15) is 0 Å². The number of likely N-dealkylation sites (tertiary alicyclic amines) is 1. The lowest BCUT2D eigenvalue weighted by molar-refractivity contribution is -0.160. The summed E-state index contributed by atoms with van der Waals surface area (Å²) in [7, 11) is 1.37. The standard InChI is InChI=1S/C22H30N2O4/c1-14(2)17-12-28-21(4)18-11-23(15(3)16-9-7-6-8-10-16)13-22(18,20(26)27-5)19(25)24(17)21/h6-10,14-15,17-18H,11-13H2,1-5H3/t15-,17+,18-,21+,22+/m0/s1. The summed E-state index contributed by atoms with van der Waals surface area (Å²) in [4.78, 5) is 30.8. The number of esters is 1. The van der Waals surface area contributed by atoms with Crippen LogP contribution in [-0.4, -0.2) is 60.2 Å². The predicted molar refractivity (Wildman–Crippen MR) is 104 cm³/mol. The quantitative estimate of drug-likeness (QED) is 0.588. The van der Waals surface area contributed by atoms with Crippen LogP contribution < -0.4 is 0 Å². The van der Waals surface area contributed by atoms with Gasteiger partial charge in [0.05, 0.1) is 19.8 Å². The van der Waals surface area contributed by atoms with Crippen molar-refractivity contribution in [1.82, 2.24) is 9.80 Å². The van der Waals surface area contributed by atoms with E-state index in [1.807, 2.05) is 30.0 Å². The molecule has 5 atom stereocenters. The van der Waals surface area contributed by atoms with Gasteiger partial charge in [0.1, 0.15) is 5.72 Å². The summed E-state index contributed by atoms with van der Waals surface area (Å²) < 4.78 is 11.4. The second kappa shape index (κ2) is 6.56. The van der Waals surface area contributed by atoms with Crippen molar-refractivity contribution in [2.24, 2.45) is 17.3 Å². The van der Waals surface area contributed by atoms with Gasteiger partial charge in [-0.25, -0.2) is 0 Å². The topological polar surface area (TPSA) is 59.1 Å². The van der Waals surface area contributed by atoms with E-state index in [9.17, 15) is 9.59 Å². The number of nitrogens with zero attached hydrogens (tertiary/aromatic N) is 2. The number of hydrogen-bond acceptors (Lipinski definition) is 5. The fourth-order valence-electron chi connectivity index (χ4n) is 5.50. The number of carbonyl (C=O) groups excluding carboxylic acids is 2. The maximum atomic E-state index is 13.7. The third-order valence-corrected chi connectivity index (χ3v) is 7.22. The highest BCUT2D eigenvalue weighted by molar-refractivity contribution is 6.06. The third-order valence-electron chi connectivity index (χ3n) is 7.22. The average Bonchev–Trinajstić information content (AvgIpc) is 3.31. The minimum absolute atomic E-state index is 0.00960. The van der Waals surface area contributed by atoms with Crippen molar-refractivity contribution in [2.75, 3.05) is 26.8 Å². The van der Waals surface area contributed by atoms with E-state index in [2.05, 4.69) is 37.8 Å². The van der Waals surface area contributed by atoms with E-state index in [0.29, 0.717) is 19.7 Å². The van der Waals surface area contributed by atoms with Crippen LogP contribution in [0.4, 0.5) is 0 Å². The first-order chi connectivity index (χ1) is 13.3. The monoisotopic (exact) mass is 386 g/mol. The van der Waals surface area contributed by atoms with Crippen LogP contribution in [0.25, 0.3) is 0 Å². The highest BCUT2D eigenvalue weighted by Crippen LogP contribution is 2.58. The molecule has 0 radical (unpaired) electrons. The number of benzene rings is 1. The van der Waals surface area contributed by atoms with Crippen molar-refractivity contribution in [3.8, 4) is 0 Å². The van der Waals surface area contributed by atoms with Crippen LogP contribution in [0.15, 0.2) is 30.3 Å². The number of ether oxygens (including phenoxy) is 2. The van der Waals surface area contributed by atoms with E-state index in [4.69, 9.17) is 9.47 Å². The van der Waals surface area contributed by atoms with Gasteiger partial charge in [0, 0.05) is 25.0 Å². The molecular weight excluding hydrogens is 356 g/mol. The van der Waals surface area contributed by atoms with Crippen LogP contribution in [0.5, 0.6) is 0 Å². The Bertz CT molecular complexity index is 782. The second-order valence-corrected chi connectivity index (χ2v) is 8.88. The summed E-state index contributed by atoms with van der Waals surface area (Å²) in [5.74, 6) is -0.564. The van der Waals surface area contributed by atoms with Crippen molar-refractivity contribution >= 4 is 11.9 Å². The maximum Gasteiger partial charge on any atom is 0.323 e. The fourth-order valence-corrected chi connectivity index (χ4v) is 5.50. The fraction of sp³-hybridized carbons (Fsp3) is 0.636. The van der Waals surface area contributed by atoms with Crippen LogP contribution in [0.3, 0.4) is 0 Å². The molecule has 0 saturated carbocycles. The van der Waals surface area contributed by atoms with Gasteiger partial charge < -0.3 is 14.4 Å². The normalized spacial score (nSPS) is 35.9. The average molecular weight is 386 g/mol. The van der Waals surface area contributed by atoms with Gasteiger partial charge in [0.2, 0.25) is 5.91 Å². The smallest absolute Gasteiger partial charge is 0.323 e. The van der Waals surface area contributed by atoms with Crippen LogP contribution >= 0.6 is 0 Å². The number of amides is 1. The lowest BCUT2D eigenvalue weighted by Gasteiger charge is -2.36. The molecule has 0 spiro atoms. The van der Waals surface area contributed by atoms with Crippen molar-refractivity contribution in [2.45, 2.75) is 45.5 Å². The van der Waals surface area contributed by atoms with E-state index in [1.54, 1.807) is 0 Å². The summed E-state index contributed by atoms with van der Waals surface area (Å²) in [6.45, 7) is 9.78. The molecule has 3 aliphatic heterocycles. The minimum Gasteiger partial charge on any atom is -0.468 e. The van der Waals surface area contributed by atoms with Gasteiger partial charge in [-0.3, -0.25) is 14.5 Å². The van der Waals surface area contributed by atoms with Crippen molar-refractivity contribution in [1.29, 1.82) is 0 Å². The van der Waals surface area contributed by atoms with Crippen LogP contribution in [0.1, 0.15) is 39.3 Å². The Kier molecular flexibility index (Phi) is 4.55. The Labute approximate surface area is 166 Å². The summed E-state index contributed by atoms with van der Waals surface area (Å²) in [5, 5.41) is 0. The number of rotatable bonds is 4. The van der Waals surface area contributed by atoms with E-state index >= 15 is 0 Å².